The maximum absolute atomic E-state index is 11.1. The van der Waals surface area contributed by atoms with Crippen LogP contribution in [0.3, 0.4) is 0 Å². The molecule has 1 aliphatic rings. The number of carboxylic acids is 1. The van der Waals surface area contributed by atoms with Gasteiger partial charge in [0, 0.05) is 5.39 Å². The van der Waals surface area contributed by atoms with Crippen LogP contribution < -0.4 is 4.74 Å². The van der Waals surface area contributed by atoms with Crippen LogP contribution >= 0.6 is 11.6 Å². The lowest BCUT2D eigenvalue weighted by atomic mass is 9.90. The molecule has 1 fully saturated rings. The van der Waals surface area contributed by atoms with Crippen molar-refractivity contribution in [3.8, 4) is 5.75 Å². The van der Waals surface area contributed by atoms with Gasteiger partial charge in [0.15, 0.2) is 11.3 Å². The van der Waals surface area contributed by atoms with E-state index in [-0.39, 0.29) is 12.3 Å². The number of ether oxygens (including phenoxy) is 1. The van der Waals surface area contributed by atoms with Crippen molar-refractivity contribution >= 4 is 28.5 Å². The number of carbonyl (C=O) groups is 1. The van der Waals surface area contributed by atoms with Gasteiger partial charge in [0.2, 0.25) is 0 Å². The number of rotatable bonds is 5. The first-order chi connectivity index (χ1) is 9.61. The van der Waals surface area contributed by atoms with Gasteiger partial charge in [-0.15, -0.1) is 0 Å². The molecule has 2 aromatic rings. The van der Waals surface area contributed by atoms with Gasteiger partial charge in [0.1, 0.15) is 0 Å². The molecule has 1 unspecified atom stereocenters. The van der Waals surface area contributed by atoms with E-state index in [9.17, 15) is 4.79 Å². The zero-order chi connectivity index (χ0) is 14.3. The molecule has 1 aliphatic carbocycles. The Labute approximate surface area is 121 Å². The molecule has 0 spiro atoms. The average molecular weight is 295 g/mol. The number of hydrogen-bond acceptors (Lipinski definition) is 3. The molecule has 5 heteroatoms. The monoisotopic (exact) mass is 294 g/mol. The minimum absolute atomic E-state index is 0.0619. The van der Waals surface area contributed by atoms with Crippen LogP contribution in [0.2, 0.25) is 5.02 Å². The summed E-state index contributed by atoms with van der Waals surface area (Å²) in [5.74, 6) is 0.135. The van der Waals surface area contributed by atoms with Crippen LogP contribution in [0, 0.1) is 5.92 Å². The number of furan rings is 1. The third-order valence-electron chi connectivity index (χ3n) is 3.87. The molecule has 1 N–H and O–H groups in total. The van der Waals surface area contributed by atoms with E-state index in [0.29, 0.717) is 22.3 Å². The molecule has 1 saturated carbocycles. The summed E-state index contributed by atoms with van der Waals surface area (Å²) in [6, 6.07) is 3.61. The molecule has 0 aliphatic heterocycles. The highest BCUT2D eigenvalue weighted by Gasteiger charge is 2.35. The molecular formula is C15H15ClO4. The lowest BCUT2D eigenvalue weighted by Gasteiger charge is -2.17. The number of benzene rings is 1. The second-order valence-electron chi connectivity index (χ2n) is 5.19. The fourth-order valence-corrected chi connectivity index (χ4v) is 3.08. The van der Waals surface area contributed by atoms with Crippen molar-refractivity contribution in [2.45, 2.75) is 25.2 Å². The van der Waals surface area contributed by atoms with Crippen molar-refractivity contribution < 1.29 is 19.1 Å². The zero-order valence-corrected chi connectivity index (χ0v) is 11.8. The van der Waals surface area contributed by atoms with Gasteiger partial charge in [0.05, 0.1) is 24.8 Å². The van der Waals surface area contributed by atoms with E-state index >= 15 is 0 Å². The van der Waals surface area contributed by atoms with Gasteiger partial charge in [-0.3, -0.25) is 4.79 Å². The number of aliphatic carboxylic acids is 1. The molecule has 0 saturated heterocycles. The lowest BCUT2D eigenvalue weighted by molar-refractivity contribution is -0.137. The van der Waals surface area contributed by atoms with Crippen LogP contribution in [0.15, 0.2) is 22.8 Å². The van der Waals surface area contributed by atoms with E-state index < -0.39 is 5.97 Å². The van der Waals surface area contributed by atoms with Gasteiger partial charge in [-0.05, 0) is 42.4 Å². The Hall–Kier alpha value is -1.68. The zero-order valence-electron chi connectivity index (χ0n) is 11.1. The average Bonchev–Trinajstić information content (AvgIpc) is 3.13. The molecular weight excluding hydrogens is 280 g/mol. The van der Waals surface area contributed by atoms with Crippen LogP contribution in [0.1, 0.15) is 30.7 Å². The topological polar surface area (TPSA) is 59.7 Å². The Kier molecular flexibility index (Phi) is 3.34. The highest BCUT2D eigenvalue weighted by Crippen LogP contribution is 2.49. The molecule has 20 heavy (non-hydrogen) atoms. The van der Waals surface area contributed by atoms with E-state index in [2.05, 4.69) is 0 Å². The maximum Gasteiger partial charge on any atom is 0.303 e. The minimum atomic E-state index is -0.802. The van der Waals surface area contributed by atoms with Crippen molar-refractivity contribution in [2.24, 2.45) is 5.92 Å². The molecule has 1 heterocycles. The standard InChI is InChI=1S/C15H15ClO4/c1-19-12-6-11(10(7-13(17)18)8-2-3-8)14(16)9-4-5-20-15(9)12/h4-6,8,10H,2-3,7H2,1H3,(H,17,18). The molecule has 1 aromatic heterocycles. The first kappa shape index (κ1) is 13.3. The SMILES string of the molecule is COc1cc(C(CC(=O)O)C2CC2)c(Cl)c2ccoc12. The Balaban J connectivity index is 2.13. The molecule has 106 valence electrons. The summed E-state index contributed by atoms with van der Waals surface area (Å²) < 4.78 is 10.7. The summed E-state index contributed by atoms with van der Waals surface area (Å²) in [7, 11) is 1.57. The van der Waals surface area contributed by atoms with E-state index in [1.165, 1.54) is 0 Å². The number of methoxy groups -OCH3 is 1. The third kappa shape index (κ3) is 2.24. The Morgan fingerprint density at radius 2 is 2.35 bits per heavy atom. The summed E-state index contributed by atoms with van der Waals surface area (Å²) in [4.78, 5) is 11.1. The van der Waals surface area contributed by atoms with Crippen LogP contribution in [-0.2, 0) is 4.79 Å². The van der Waals surface area contributed by atoms with Gasteiger partial charge in [-0.1, -0.05) is 11.6 Å². The number of fused-ring (bicyclic) bond motifs is 1. The predicted octanol–water partition coefficient (Wildman–Crippen LogP) is 4.06. The number of hydrogen-bond donors (Lipinski definition) is 1. The molecule has 0 bridgehead atoms. The van der Waals surface area contributed by atoms with Crippen LogP contribution in [0.4, 0.5) is 0 Å². The first-order valence-electron chi connectivity index (χ1n) is 6.57. The minimum Gasteiger partial charge on any atom is -0.493 e. The molecule has 0 radical (unpaired) electrons. The highest BCUT2D eigenvalue weighted by molar-refractivity contribution is 6.36. The third-order valence-corrected chi connectivity index (χ3v) is 4.29. The van der Waals surface area contributed by atoms with E-state index in [4.69, 9.17) is 25.9 Å². The van der Waals surface area contributed by atoms with Gasteiger partial charge in [0.25, 0.3) is 0 Å². The normalized spacial score (nSPS) is 16.3. The number of carboxylic acid groups (broad SMARTS) is 1. The van der Waals surface area contributed by atoms with Gasteiger partial charge >= 0.3 is 5.97 Å². The van der Waals surface area contributed by atoms with Crippen LogP contribution in [0.25, 0.3) is 11.0 Å². The van der Waals surface area contributed by atoms with Crippen molar-refractivity contribution in [2.75, 3.05) is 7.11 Å². The summed E-state index contributed by atoms with van der Waals surface area (Å²) in [5, 5.41) is 10.5. The summed E-state index contributed by atoms with van der Waals surface area (Å²) in [6.45, 7) is 0. The van der Waals surface area contributed by atoms with Crippen molar-refractivity contribution in [3.05, 3.63) is 29.0 Å². The maximum atomic E-state index is 11.1. The Morgan fingerprint density at radius 1 is 1.60 bits per heavy atom. The molecule has 1 aromatic carbocycles. The molecule has 1 atom stereocenters. The van der Waals surface area contributed by atoms with Gasteiger partial charge in [-0.25, -0.2) is 0 Å². The molecule has 0 amide bonds. The Bertz CT molecular complexity index is 657. The smallest absolute Gasteiger partial charge is 0.303 e. The quantitative estimate of drug-likeness (QED) is 0.903. The second-order valence-corrected chi connectivity index (χ2v) is 5.57. The fraction of sp³-hybridized carbons (Fsp3) is 0.400. The van der Waals surface area contributed by atoms with Crippen LogP contribution in [0.5, 0.6) is 5.75 Å². The number of halogens is 1. The lowest BCUT2D eigenvalue weighted by Crippen LogP contribution is -2.09. The first-order valence-corrected chi connectivity index (χ1v) is 6.95. The summed E-state index contributed by atoms with van der Waals surface area (Å²) in [6.07, 6.45) is 3.77. The molecule has 3 rings (SSSR count). The largest absolute Gasteiger partial charge is 0.493 e. The van der Waals surface area contributed by atoms with Crippen LogP contribution in [-0.4, -0.2) is 18.2 Å². The van der Waals surface area contributed by atoms with E-state index in [0.717, 1.165) is 23.8 Å². The Morgan fingerprint density at radius 3 is 2.95 bits per heavy atom. The highest BCUT2D eigenvalue weighted by atomic mass is 35.5. The van der Waals surface area contributed by atoms with Crippen molar-refractivity contribution in [3.63, 3.8) is 0 Å². The second kappa shape index (κ2) is 5.02. The summed E-state index contributed by atoms with van der Waals surface area (Å²) >= 11 is 6.45. The van der Waals surface area contributed by atoms with Gasteiger partial charge < -0.3 is 14.3 Å². The fourth-order valence-electron chi connectivity index (χ4n) is 2.74. The van der Waals surface area contributed by atoms with E-state index in [1.54, 1.807) is 19.4 Å². The van der Waals surface area contributed by atoms with Crippen molar-refractivity contribution in [1.29, 1.82) is 0 Å². The predicted molar refractivity (Wildman–Crippen MR) is 75.5 cm³/mol. The summed E-state index contributed by atoms with van der Waals surface area (Å²) in [5.41, 5.74) is 1.45. The van der Waals surface area contributed by atoms with Gasteiger partial charge in [-0.2, -0.15) is 0 Å². The van der Waals surface area contributed by atoms with Crippen molar-refractivity contribution in [1.82, 2.24) is 0 Å². The molecule has 4 nitrogen and oxygen atoms in total. The van der Waals surface area contributed by atoms with E-state index in [1.807, 2.05) is 6.07 Å².